The summed E-state index contributed by atoms with van der Waals surface area (Å²) in [6.45, 7) is 2.55. The van der Waals surface area contributed by atoms with E-state index in [2.05, 4.69) is 4.98 Å². The number of thiazole rings is 1. The molecule has 1 heterocycles. The van der Waals surface area contributed by atoms with Crippen LogP contribution in [0.5, 0.6) is 5.75 Å². The smallest absolute Gasteiger partial charge is 0.175 e. The van der Waals surface area contributed by atoms with E-state index in [1.807, 2.05) is 36.6 Å². The number of nitrogens with zero attached hydrogens (tertiary/aromatic N) is 1. The molecule has 0 saturated heterocycles. The number of sulfone groups is 1. The zero-order chi connectivity index (χ0) is 17.2. The second-order valence-electron chi connectivity index (χ2n) is 5.26. The number of rotatable bonds is 5. The average molecular weight is 359 g/mol. The number of hydrogen-bond donors (Lipinski definition) is 0. The Kier molecular flexibility index (Phi) is 4.69. The summed E-state index contributed by atoms with van der Waals surface area (Å²) in [6.07, 6.45) is 1.20. The maximum absolute atomic E-state index is 11.5. The lowest BCUT2D eigenvalue weighted by molar-refractivity contribution is 0.341. The SMILES string of the molecule is CCOc1ccccc1-c1nc(-c2ccc(S(C)(=O)=O)cc2)cs1. The Balaban J connectivity index is 1.94. The Bertz CT molecular complexity index is 944. The van der Waals surface area contributed by atoms with Gasteiger partial charge in [0, 0.05) is 17.2 Å². The van der Waals surface area contributed by atoms with Gasteiger partial charge in [-0.15, -0.1) is 11.3 Å². The molecule has 0 aliphatic rings. The van der Waals surface area contributed by atoms with Crippen LogP contribution in [0.1, 0.15) is 6.92 Å². The highest BCUT2D eigenvalue weighted by Crippen LogP contribution is 2.34. The van der Waals surface area contributed by atoms with Crippen LogP contribution in [0.3, 0.4) is 0 Å². The molecule has 3 rings (SSSR count). The van der Waals surface area contributed by atoms with Crippen LogP contribution < -0.4 is 4.74 Å². The van der Waals surface area contributed by atoms with Crippen molar-refractivity contribution in [3.63, 3.8) is 0 Å². The summed E-state index contributed by atoms with van der Waals surface area (Å²) in [7, 11) is -3.19. The molecule has 0 aliphatic carbocycles. The lowest BCUT2D eigenvalue weighted by Crippen LogP contribution is -1.96. The van der Waals surface area contributed by atoms with Crippen molar-refractivity contribution in [1.29, 1.82) is 0 Å². The minimum atomic E-state index is -3.19. The molecule has 0 fully saturated rings. The third-order valence-electron chi connectivity index (χ3n) is 3.50. The highest BCUT2D eigenvalue weighted by atomic mass is 32.2. The van der Waals surface area contributed by atoms with Crippen LogP contribution in [-0.4, -0.2) is 26.3 Å². The molecule has 0 saturated carbocycles. The van der Waals surface area contributed by atoms with E-state index in [0.29, 0.717) is 11.5 Å². The number of para-hydroxylation sites is 1. The zero-order valence-electron chi connectivity index (χ0n) is 13.4. The van der Waals surface area contributed by atoms with E-state index in [1.54, 1.807) is 24.3 Å². The van der Waals surface area contributed by atoms with Crippen LogP contribution in [0.15, 0.2) is 58.8 Å². The van der Waals surface area contributed by atoms with E-state index in [1.165, 1.54) is 17.6 Å². The lowest BCUT2D eigenvalue weighted by atomic mass is 10.2. The molecule has 1 aromatic heterocycles. The van der Waals surface area contributed by atoms with E-state index in [-0.39, 0.29) is 0 Å². The van der Waals surface area contributed by atoms with E-state index < -0.39 is 9.84 Å². The Hall–Kier alpha value is -2.18. The highest BCUT2D eigenvalue weighted by molar-refractivity contribution is 7.90. The fourth-order valence-electron chi connectivity index (χ4n) is 2.33. The molecular weight excluding hydrogens is 342 g/mol. The molecule has 24 heavy (non-hydrogen) atoms. The summed E-state index contributed by atoms with van der Waals surface area (Å²) in [5.41, 5.74) is 2.67. The lowest BCUT2D eigenvalue weighted by Gasteiger charge is -2.07. The van der Waals surface area contributed by atoms with Crippen molar-refractivity contribution in [2.75, 3.05) is 12.9 Å². The molecule has 0 aliphatic heterocycles. The van der Waals surface area contributed by atoms with Crippen molar-refractivity contribution in [2.24, 2.45) is 0 Å². The topological polar surface area (TPSA) is 56.3 Å². The van der Waals surface area contributed by atoms with E-state index in [4.69, 9.17) is 4.74 Å². The van der Waals surface area contributed by atoms with E-state index in [0.717, 1.165) is 27.6 Å². The predicted molar refractivity (Wildman–Crippen MR) is 97.3 cm³/mol. The molecule has 6 heteroatoms. The van der Waals surface area contributed by atoms with Crippen LogP contribution >= 0.6 is 11.3 Å². The second kappa shape index (κ2) is 6.75. The van der Waals surface area contributed by atoms with Gasteiger partial charge in [0.1, 0.15) is 10.8 Å². The third-order valence-corrected chi connectivity index (χ3v) is 5.50. The maximum atomic E-state index is 11.5. The highest BCUT2D eigenvalue weighted by Gasteiger charge is 2.12. The minimum absolute atomic E-state index is 0.309. The predicted octanol–water partition coefficient (Wildman–Crippen LogP) is 4.28. The molecule has 0 unspecified atom stereocenters. The van der Waals surface area contributed by atoms with Crippen molar-refractivity contribution < 1.29 is 13.2 Å². The number of ether oxygens (including phenoxy) is 1. The molecule has 0 amide bonds. The first-order valence-corrected chi connectivity index (χ1v) is 10.2. The monoisotopic (exact) mass is 359 g/mol. The van der Waals surface area contributed by atoms with Crippen LogP contribution in [-0.2, 0) is 9.84 Å². The van der Waals surface area contributed by atoms with Gasteiger partial charge in [0.05, 0.1) is 22.8 Å². The molecule has 0 atom stereocenters. The fraction of sp³-hybridized carbons (Fsp3) is 0.167. The Morgan fingerprint density at radius 2 is 1.79 bits per heavy atom. The Morgan fingerprint density at radius 3 is 2.46 bits per heavy atom. The normalized spacial score (nSPS) is 11.4. The standard InChI is InChI=1S/C18H17NO3S2/c1-3-22-17-7-5-4-6-15(17)18-19-16(12-23-18)13-8-10-14(11-9-13)24(2,20)21/h4-12H,3H2,1-2H3. The molecule has 3 aromatic rings. The summed E-state index contributed by atoms with van der Waals surface area (Å²) < 4.78 is 28.7. The molecule has 0 bridgehead atoms. The Morgan fingerprint density at radius 1 is 1.08 bits per heavy atom. The zero-order valence-corrected chi connectivity index (χ0v) is 15.0. The first-order valence-electron chi connectivity index (χ1n) is 7.47. The largest absolute Gasteiger partial charge is 0.493 e. The van der Waals surface area contributed by atoms with E-state index in [9.17, 15) is 8.42 Å². The van der Waals surface area contributed by atoms with Crippen LogP contribution in [0.2, 0.25) is 0 Å². The van der Waals surface area contributed by atoms with Gasteiger partial charge in [0.25, 0.3) is 0 Å². The van der Waals surface area contributed by atoms with Crippen molar-refractivity contribution in [3.05, 3.63) is 53.9 Å². The molecule has 0 spiro atoms. The number of aromatic nitrogens is 1. The van der Waals surface area contributed by atoms with Gasteiger partial charge in [-0.25, -0.2) is 13.4 Å². The maximum Gasteiger partial charge on any atom is 0.175 e. The van der Waals surface area contributed by atoms with Gasteiger partial charge in [-0.1, -0.05) is 24.3 Å². The first-order chi connectivity index (χ1) is 11.5. The minimum Gasteiger partial charge on any atom is -0.493 e. The summed E-state index contributed by atoms with van der Waals surface area (Å²) in [5, 5.41) is 2.84. The summed E-state index contributed by atoms with van der Waals surface area (Å²) >= 11 is 1.54. The van der Waals surface area contributed by atoms with Crippen molar-refractivity contribution >= 4 is 21.2 Å². The average Bonchev–Trinajstić information content (AvgIpc) is 3.05. The third kappa shape index (κ3) is 3.49. The summed E-state index contributed by atoms with van der Waals surface area (Å²) in [5.74, 6) is 0.813. The van der Waals surface area contributed by atoms with Gasteiger partial charge in [0.2, 0.25) is 0 Å². The van der Waals surface area contributed by atoms with E-state index >= 15 is 0 Å². The van der Waals surface area contributed by atoms with Crippen LogP contribution in [0.4, 0.5) is 0 Å². The van der Waals surface area contributed by atoms with Gasteiger partial charge in [-0.3, -0.25) is 0 Å². The molecule has 124 valence electrons. The van der Waals surface area contributed by atoms with Crippen LogP contribution in [0.25, 0.3) is 21.8 Å². The number of hydrogen-bond acceptors (Lipinski definition) is 5. The summed E-state index contributed by atoms with van der Waals surface area (Å²) in [6, 6.07) is 14.6. The van der Waals surface area contributed by atoms with Gasteiger partial charge in [-0.2, -0.15) is 0 Å². The number of benzene rings is 2. The molecule has 4 nitrogen and oxygen atoms in total. The van der Waals surface area contributed by atoms with Crippen molar-refractivity contribution in [2.45, 2.75) is 11.8 Å². The second-order valence-corrected chi connectivity index (χ2v) is 8.14. The first kappa shape index (κ1) is 16.7. The van der Waals surface area contributed by atoms with Crippen LogP contribution in [0, 0.1) is 0 Å². The summed E-state index contributed by atoms with van der Waals surface area (Å²) in [4.78, 5) is 4.98. The van der Waals surface area contributed by atoms with Gasteiger partial charge in [0.15, 0.2) is 9.84 Å². The van der Waals surface area contributed by atoms with Gasteiger partial charge < -0.3 is 4.74 Å². The quantitative estimate of drug-likeness (QED) is 0.682. The molecular formula is C18H17NO3S2. The molecule has 2 aromatic carbocycles. The molecule has 0 N–H and O–H groups in total. The fourth-order valence-corrected chi connectivity index (χ4v) is 3.82. The van der Waals surface area contributed by atoms with Crippen molar-refractivity contribution in [3.8, 4) is 27.6 Å². The van der Waals surface area contributed by atoms with Crippen molar-refractivity contribution in [1.82, 2.24) is 4.98 Å². The van der Waals surface area contributed by atoms with Gasteiger partial charge in [-0.05, 0) is 31.2 Å². The Labute approximate surface area is 145 Å². The van der Waals surface area contributed by atoms with Gasteiger partial charge >= 0.3 is 0 Å². The molecule has 0 radical (unpaired) electrons.